The van der Waals surface area contributed by atoms with Gasteiger partial charge in [-0.25, -0.2) is 21.9 Å². The van der Waals surface area contributed by atoms with Crippen LogP contribution in [0.15, 0.2) is 60.3 Å². The van der Waals surface area contributed by atoms with E-state index in [1.165, 1.54) is 29.3 Å². The van der Waals surface area contributed by atoms with Crippen LogP contribution in [0.25, 0.3) is 11.8 Å². The third kappa shape index (κ3) is 5.20. The number of fused-ring (bicyclic) bond motifs is 1. The Balaban J connectivity index is 1.38. The van der Waals surface area contributed by atoms with Crippen LogP contribution in [-0.4, -0.2) is 30.2 Å². The van der Waals surface area contributed by atoms with Crippen LogP contribution < -0.4 is 10.5 Å². The Kier molecular flexibility index (Phi) is 6.59. The van der Waals surface area contributed by atoms with Crippen molar-refractivity contribution in [3.8, 4) is 17.2 Å². The summed E-state index contributed by atoms with van der Waals surface area (Å²) in [4.78, 5) is 13.4. The summed E-state index contributed by atoms with van der Waals surface area (Å²) in [5, 5.41) is 4.31. The van der Waals surface area contributed by atoms with Gasteiger partial charge < -0.3 is 10.5 Å². The van der Waals surface area contributed by atoms with Crippen molar-refractivity contribution in [1.82, 2.24) is 9.78 Å². The lowest BCUT2D eigenvalue weighted by molar-refractivity contribution is 0.103. The molecule has 7 nitrogen and oxygen atoms in total. The zero-order valence-corrected chi connectivity index (χ0v) is 22.3. The predicted octanol–water partition coefficient (Wildman–Crippen LogP) is 5.51. The van der Waals surface area contributed by atoms with Gasteiger partial charge in [-0.2, -0.15) is 5.10 Å². The van der Waals surface area contributed by atoms with E-state index in [-0.39, 0.29) is 28.7 Å². The maximum Gasteiger partial charge on any atom is 0.198 e. The minimum atomic E-state index is -3.20. The van der Waals surface area contributed by atoms with Crippen molar-refractivity contribution in [2.75, 3.05) is 12.0 Å². The Morgan fingerprint density at radius 1 is 1.08 bits per heavy atom. The normalized spacial score (nSPS) is 12.8. The van der Waals surface area contributed by atoms with Gasteiger partial charge in [0.05, 0.1) is 23.2 Å². The number of benzene rings is 3. The molecule has 0 radical (unpaired) electrons. The molecular weight excluding hydrogens is 524 g/mol. The van der Waals surface area contributed by atoms with Crippen LogP contribution in [0.3, 0.4) is 0 Å². The molecular formula is C29H25F2N3O4S. The molecule has 0 fully saturated rings. The molecule has 1 aliphatic rings. The number of allylic oxidation sites excluding steroid dienone is 1. The predicted molar refractivity (Wildman–Crippen MR) is 145 cm³/mol. The Labute approximate surface area is 224 Å². The average molecular weight is 550 g/mol. The number of aryl methyl sites for hydroxylation is 2. The van der Waals surface area contributed by atoms with Crippen LogP contribution in [0, 0.1) is 25.5 Å². The van der Waals surface area contributed by atoms with Crippen LogP contribution in [0.2, 0.25) is 0 Å². The quantitative estimate of drug-likeness (QED) is 0.305. The van der Waals surface area contributed by atoms with E-state index in [4.69, 9.17) is 10.5 Å². The SMILES string of the molecule is Cc1cc2c(cc1CS(C)(=O)=O)CC(C(=O)c1cnn(-c3ccc(Oc4c(F)cccc4F)cc3C)c1N)=C2. The number of nitrogens with zero attached hydrogens (tertiary/aromatic N) is 2. The van der Waals surface area contributed by atoms with Crippen molar-refractivity contribution in [3.63, 3.8) is 0 Å². The first kappa shape index (κ1) is 26.3. The maximum absolute atomic E-state index is 14.0. The van der Waals surface area contributed by atoms with E-state index < -0.39 is 27.2 Å². The van der Waals surface area contributed by atoms with Crippen molar-refractivity contribution < 1.29 is 26.7 Å². The molecule has 0 saturated heterocycles. The number of Topliss-reactive ketones (excluding diaryl/α,β-unsaturated/α-hetero) is 1. The molecule has 0 atom stereocenters. The van der Waals surface area contributed by atoms with Crippen molar-refractivity contribution in [2.24, 2.45) is 0 Å². The zero-order chi connectivity index (χ0) is 28.1. The van der Waals surface area contributed by atoms with Crippen molar-refractivity contribution >= 4 is 27.5 Å². The minimum absolute atomic E-state index is 0.0620. The molecule has 1 aliphatic carbocycles. The molecule has 200 valence electrons. The lowest BCUT2D eigenvalue weighted by Gasteiger charge is -2.12. The fourth-order valence-corrected chi connectivity index (χ4v) is 5.54. The average Bonchev–Trinajstić information content (AvgIpc) is 3.44. The third-order valence-electron chi connectivity index (χ3n) is 6.60. The molecule has 5 rings (SSSR count). The second-order valence-electron chi connectivity index (χ2n) is 9.68. The lowest BCUT2D eigenvalue weighted by Crippen LogP contribution is -2.09. The van der Waals surface area contributed by atoms with Crippen LogP contribution >= 0.6 is 0 Å². The first-order valence-electron chi connectivity index (χ1n) is 12.0. The van der Waals surface area contributed by atoms with Crippen LogP contribution in [0.4, 0.5) is 14.6 Å². The van der Waals surface area contributed by atoms with Crippen molar-refractivity contribution in [2.45, 2.75) is 26.0 Å². The highest BCUT2D eigenvalue weighted by Gasteiger charge is 2.25. The molecule has 0 amide bonds. The van der Waals surface area contributed by atoms with Crippen LogP contribution in [0.5, 0.6) is 11.5 Å². The van der Waals surface area contributed by atoms with E-state index in [2.05, 4.69) is 5.10 Å². The first-order valence-corrected chi connectivity index (χ1v) is 14.1. The monoisotopic (exact) mass is 549 g/mol. The highest BCUT2D eigenvalue weighted by atomic mass is 32.2. The summed E-state index contributed by atoms with van der Waals surface area (Å²) in [5.41, 5.74) is 11.6. The van der Waals surface area contributed by atoms with Gasteiger partial charge in [-0.1, -0.05) is 18.2 Å². The molecule has 0 bridgehead atoms. The summed E-state index contributed by atoms with van der Waals surface area (Å²) in [5.74, 6) is -2.11. The first-order chi connectivity index (χ1) is 18.4. The summed E-state index contributed by atoms with van der Waals surface area (Å²) in [6.07, 6.45) is 4.75. The van der Waals surface area contributed by atoms with Gasteiger partial charge >= 0.3 is 0 Å². The number of sulfone groups is 1. The van der Waals surface area contributed by atoms with Crippen LogP contribution in [0.1, 0.15) is 38.2 Å². The fourth-order valence-electron chi connectivity index (χ4n) is 4.67. The molecule has 10 heteroatoms. The molecule has 0 spiro atoms. The highest BCUT2D eigenvalue weighted by molar-refractivity contribution is 7.89. The van der Waals surface area contributed by atoms with E-state index in [9.17, 15) is 22.0 Å². The summed E-state index contributed by atoms with van der Waals surface area (Å²) in [6, 6.07) is 12.0. The van der Waals surface area contributed by atoms with Gasteiger partial charge in [-0.05, 0) is 78.1 Å². The van der Waals surface area contributed by atoms with Gasteiger partial charge in [0.2, 0.25) is 0 Å². The van der Waals surface area contributed by atoms with E-state index in [0.717, 1.165) is 28.8 Å². The van der Waals surface area contributed by atoms with E-state index in [0.29, 0.717) is 28.8 Å². The third-order valence-corrected chi connectivity index (χ3v) is 7.44. The summed E-state index contributed by atoms with van der Waals surface area (Å²) in [6.45, 7) is 3.61. The largest absolute Gasteiger partial charge is 0.451 e. The maximum atomic E-state index is 14.0. The van der Waals surface area contributed by atoms with Crippen molar-refractivity contribution in [1.29, 1.82) is 0 Å². The number of nitrogens with two attached hydrogens (primary N) is 1. The number of hydrogen-bond donors (Lipinski definition) is 1. The van der Waals surface area contributed by atoms with Gasteiger partial charge in [0.25, 0.3) is 0 Å². The number of ether oxygens (including phenoxy) is 1. The molecule has 1 heterocycles. The molecule has 2 N–H and O–H groups in total. The molecule has 4 aromatic rings. The number of aromatic nitrogens is 2. The lowest BCUT2D eigenvalue weighted by atomic mass is 10.0. The number of nitrogen functional groups attached to an aromatic ring is 1. The second kappa shape index (κ2) is 9.77. The number of halogens is 2. The van der Waals surface area contributed by atoms with Gasteiger partial charge in [-0.15, -0.1) is 0 Å². The number of anilines is 1. The Hall–Kier alpha value is -4.31. The van der Waals surface area contributed by atoms with Gasteiger partial charge in [0, 0.05) is 18.2 Å². The van der Waals surface area contributed by atoms with E-state index in [1.54, 1.807) is 25.1 Å². The van der Waals surface area contributed by atoms with E-state index >= 15 is 0 Å². The minimum Gasteiger partial charge on any atom is -0.451 e. The molecule has 0 unspecified atom stereocenters. The Morgan fingerprint density at radius 2 is 1.79 bits per heavy atom. The summed E-state index contributed by atoms with van der Waals surface area (Å²) < 4.78 is 58.4. The van der Waals surface area contributed by atoms with Gasteiger partial charge in [0.15, 0.2) is 33.0 Å². The molecule has 1 aromatic heterocycles. The Bertz CT molecular complexity index is 1770. The van der Waals surface area contributed by atoms with Gasteiger partial charge in [-0.3, -0.25) is 4.79 Å². The molecule has 39 heavy (non-hydrogen) atoms. The topological polar surface area (TPSA) is 104 Å². The molecule has 3 aromatic carbocycles. The molecule has 0 aliphatic heterocycles. The molecule has 0 saturated carbocycles. The fraction of sp³-hybridized carbons (Fsp3) is 0.172. The smallest absolute Gasteiger partial charge is 0.198 e. The number of carbonyl (C=O) groups is 1. The van der Waals surface area contributed by atoms with E-state index in [1.807, 2.05) is 19.1 Å². The summed E-state index contributed by atoms with van der Waals surface area (Å²) in [7, 11) is -3.20. The number of hydrogen-bond acceptors (Lipinski definition) is 6. The number of para-hydroxylation sites is 1. The summed E-state index contributed by atoms with van der Waals surface area (Å²) >= 11 is 0. The second-order valence-corrected chi connectivity index (χ2v) is 11.8. The van der Waals surface area contributed by atoms with Crippen LogP contribution in [-0.2, 0) is 22.0 Å². The number of rotatable bonds is 7. The number of carbonyl (C=O) groups excluding carboxylic acids is 1. The number of ketones is 1. The highest BCUT2D eigenvalue weighted by Crippen LogP contribution is 2.33. The van der Waals surface area contributed by atoms with Crippen molar-refractivity contribution in [3.05, 3.63) is 105 Å². The standard InChI is InChI=1S/C29H25F2N3O4S/c1-16-9-18-11-20(12-19(18)13-21(16)15-39(3,36)37)27(35)23-14-33-34(29(23)32)26-8-7-22(10-17(26)2)38-28-24(30)5-4-6-25(28)31/h4-11,13-14H,12,15,32H2,1-3H3. The van der Waals surface area contributed by atoms with Gasteiger partial charge in [0.1, 0.15) is 11.6 Å². The zero-order valence-electron chi connectivity index (χ0n) is 21.5. The Morgan fingerprint density at radius 3 is 2.46 bits per heavy atom.